The number of amides is 2. The van der Waals surface area contributed by atoms with E-state index in [9.17, 15) is 32.5 Å². The molecule has 10 nitrogen and oxygen atoms in total. The number of aliphatic hydroxyl groups is 1. The van der Waals surface area contributed by atoms with Crippen LogP contribution in [0, 0.1) is 17.8 Å². The van der Waals surface area contributed by atoms with Gasteiger partial charge in [0.1, 0.15) is 0 Å². The highest BCUT2D eigenvalue weighted by atomic mass is 32.2. The molecule has 0 bridgehead atoms. The quantitative estimate of drug-likeness (QED) is 0.145. The van der Waals surface area contributed by atoms with E-state index in [4.69, 9.17) is 4.74 Å². The zero-order valence-electron chi connectivity index (χ0n) is 22.0. The van der Waals surface area contributed by atoms with Crippen molar-refractivity contribution >= 4 is 27.9 Å². The van der Waals surface area contributed by atoms with E-state index in [0.717, 1.165) is 25.7 Å². The lowest BCUT2D eigenvalue weighted by atomic mass is 9.87. The van der Waals surface area contributed by atoms with Crippen LogP contribution in [0.3, 0.4) is 0 Å². The summed E-state index contributed by atoms with van der Waals surface area (Å²) in [7, 11) is -4.85. The molecule has 11 heteroatoms. The summed E-state index contributed by atoms with van der Waals surface area (Å²) in [4.78, 5) is 37.4. The summed E-state index contributed by atoms with van der Waals surface area (Å²) in [6.45, 7) is 6.60. The first-order chi connectivity index (χ1) is 17.0. The van der Waals surface area contributed by atoms with Gasteiger partial charge < -0.3 is 20.5 Å². The van der Waals surface area contributed by atoms with Gasteiger partial charge in [0.05, 0.1) is 12.6 Å². The number of carbonyl (C=O) groups excluding carboxylic acids is 3. The molecule has 0 aromatic rings. The summed E-state index contributed by atoms with van der Waals surface area (Å²) in [5, 5.41) is 15.4. The molecule has 1 saturated heterocycles. The van der Waals surface area contributed by atoms with E-state index >= 15 is 0 Å². The number of ether oxygens (including phenoxy) is 1. The van der Waals surface area contributed by atoms with E-state index in [2.05, 4.69) is 17.6 Å². The molecule has 2 amide bonds. The molecule has 1 fully saturated rings. The largest absolute Gasteiger partial charge is 0.450 e. The van der Waals surface area contributed by atoms with Crippen LogP contribution in [0.4, 0.5) is 4.79 Å². The minimum Gasteiger partial charge on any atom is -0.450 e. The molecule has 0 radical (unpaired) electrons. The summed E-state index contributed by atoms with van der Waals surface area (Å²) in [5.41, 5.74) is -2.21. The molecule has 4 atom stereocenters. The van der Waals surface area contributed by atoms with Crippen molar-refractivity contribution in [2.24, 2.45) is 17.8 Å². The van der Waals surface area contributed by atoms with Crippen LogP contribution in [-0.2, 0) is 24.4 Å². The molecule has 4 N–H and O–H groups in total. The van der Waals surface area contributed by atoms with Gasteiger partial charge in [-0.3, -0.25) is 14.1 Å². The van der Waals surface area contributed by atoms with Crippen molar-refractivity contribution < 1.29 is 37.2 Å². The van der Waals surface area contributed by atoms with E-state index in [-0.39, 0.29) is 24.9 Å². The fourth-order valence-corrected chi connectivity index (χ4v) is 5.20. The van der Waals surface area contributed by atoms with Crippen molar-refractivity contribution in [3.63, 3.8) is 0 Å². The maximum Gasteiger partial charge on any atom is 0.407 e. The highest BCUT2D eigenvalue weighted by Gasteiger charge is 2.38. The first-order valence-electron chi connectivity index (χ1n) is 13.3. The third-order valence-corrected chi connectivity index (χ3v) is 7.54. The Kier molecular flexibility index (Phi) is 15.2. The Bertz CT molecular complexity index is 787. The number of ketones is 1. The number of rotatable bonds is 19. The van der Waals surface area contributed by atoms with Gasteiger partial charge in [0.25, 0.3) is 10.1 Å². The van der Waals surface area contributed by atoms with Crippen LogP contribution in [-0.4, -0.2) is 60.5 Å². The Hall–Kier alpha value is -1.72. The van der Waals surface area contributed by atoms with Crippen molar-refractivity contribution in [1.29, 1.82) is 0 Å². The number of nitrogens with one attached hydrogen (secondary N) is 2. The highest BCUT2D eigenvalue weighted by Crippen LogP contribution is 2.28. The van der Waals surface area contributed by atoms with Gasteiger partial charge in [0.2, 0.25) is 5.91 Å². The van der Waals surface area contributed by atoms with Crippen LogP contribution >= 0.6 is 0 Å². The Morgan fingerprint density at radius 1 is 1.11 bits per heavy atom. The minimum atomic E-state index is -4.85. The predicted octanol–water partition coefficient (Wildman–Crippen LogP) is 3.58. The molecular formula is C25H46N2O8S. The summed E-state index contributed by atoms with van der Waals surface area (Å²) >= 11 is 0. The second-order valence-electron chi connectivity index (χ2n) is 10.3. The highest BCUT2D eigenvalue weighted by molar-refractivity contribution is 7.86. The van der Waals surface area contributed by atoms with E-state index in [1.807, 2.05) is 13.8 Å². The Morgan fingerprint density at radius 2 is 1.72 bits per heavy atom. The Labute approximate surface area is 216 Å². The molecule has 0 aromatic carbocycles. The maximum atomic E-state index is 13.1. The molecule has 36 heavy (non-hydrogen) atoms. The standard InChI is InChI=1S/C25H46N2O8S/c1-4-5-6-7-8-9-10-11-14-35-25(31)27-21(15-18(2)3)22(28)17-20(24(30)36(32,33)34)16-19-12-13-26-23(19)29/h18-21,24,30H,4-17H2,1-3H3,(H,26,29)(H,27,31)(H,32,33,34)/t19-,20+,21-,24?/m0/s1. The first-order valence-corrected chi connectivity index (χ1v) is 14.8. The molecule has 0 spiro atoms. The number of aliphatic hydroxyl groups excluding tert-OH is 1. The van der Waals surface area contributed by atoms with Crippen molar-refractivity contribution in [2.75, 3.05) is 13.2 Å². The topological polar surface area (TPSA) is 159 Å². The molecule has 0 aromatic heterocycles. The van der Waals surface area contributed by atoms with E-state index < -0.39 is 51.7 Å². The van der Waals surface area contributed by atoms with Gasteiger partial charge in [-0.05, 0) is 31.6 Å². The fourth-order valence-electron chi connectivity index (χ4n) is 4.51. The lowest BCUT2D eigenvalue weighted by Gasteiger charge is -2.25. The molecular weight excluding hydrogens is 488 g/mol. The molecule has 1 aliphatic heterocycles. The van der Waals surface area contributed by atoms with Crippen LogP contribution in [0.5, 0.6) is 0 Å². The number of hydrogen-bond acceptors (Lipinski definition) is 7. The van der Waals surface area contributed by atoms with Gasteiger partial charge in [0.15, 0.2) is 11.2 Å². The van der Waals surface area contributed by atoms with Crippen molar-refractivity contribution in [3.8, 4) is 0 Å². The second kappa shape index (κ2) is 16.9. The Morgan fingerprint density at radius 3 is 2.25 bits per heavy atom. The van der Waals surface area contributed by atoms with E-state index in [1.54, 1.807) is 0 Å². The lowest BCUT2D eigenvalue weighted by molar-refractivity contribution is -0.125. The number of hydrogen-bond donors (Lipinski definition) is 4. The summed E-state index contributed by atoms with van der Waals surface area (Å²) < 4.78 is 37.8. The maximum absolute atomic E-state index is 13.1. The minimum absolute atomic E-state index is 0.0394. The van der Waals surface area contributed by atoms with Gasteiger partial charge in [-0.1, -0.05) is 65.7 Å². The van der Waals surface area contributed by atoms with E-state index in [0.29, 0.717) is 19.4 Å². The van der Waals surface area contributed by atoms with Crippen molar-refractivity contribution in [3.05, 3.63) is 0 Å². The lowest BCUT2D eigenvalue weighted by Crippen LogP contribution is -2.44. The number of alkyl carbamates (subject to hydrolysis) is 1. The third kappa shape index (κ3) is 13.0. The molecule has 210 valence electrons. The van der Waals surface area contributed by atoms with Gasteiger partial charge >= 0.3 is 6.09 Å². The van der Waals surface area contributed by atoms with Crippen LogP contribution in [0.2, 0.25) is 0 Å². The average Bonchev–Trinajstić information content (AvgIpc) is 3.19. The molecule has 0 saturated carbocycles. The molecule has 0 aliphatic carbocycles. The number of Topliss-reactive ketones (excluding diaryl/α,β-unsaturated/α-hetero) is 1. The second-order valence-corrected chi connectivity index (χ2v) is 11.8. The van der Waals surface area contributed by atoms with E-state index in [1.165, 1.54) is 25.7 Å². The summed E-state index contributed by atoms with van der Waals surface area (Å²) in [6.07, 6.45) is 8.39. The van der Waals surface area contributed by atoms with Crippen LogP contribution in [0.1, 0.15) is 97.8 Å². The number of carbonyl (C=O) groups is 3. The summed E-state index contributed by atoms with van der Waals surface area (Å²) in [5.74, 6) is -2.48. The van der Waals surface area contributed by atoms with Crippen LogP contribution < -0.4 is 10.6 Å². The van der Waals surface area contributed by atoms with Gasteiger partial charge in [-0.15, -0.1) is 0 Å². The van der Waals surface area contributed by atoms with Crippen LogP contribution in [0.15, 0.2) is 0 Å². The van der Waals surface area contributed by atoms with Gasteiger partial charge in [-0.25, -0.2) is 4.79 Å². The van der Waals surface area contributed by atoms with Crippen LogP contribution in [0.25, 0.3) is 0 Å². The van der Waals surface area contributed by atoms with Gasteiger partial charge in [-0.2, -0.15) is 8.42 Å². The van der Waals surface area contributed by atoms with Gasteiger partial charge in [0, 0.05) is 24.8 Å². The molecule has 1 unspecified atom stereocenters. The molecule has 1 rings (SSSR count). The zero-order valence-corrected chi connectivity index (χ0v) is 22.9. The Balaban J connectivity index is 2.63. The molecule has 1 heterocycles. The smallest absolute Gasteiger partial charge is 0.407 e. The SMILES string of the molecule is CCCCCCCCCCOC(=O)N[C@@H](CC(C)C)C(=O)C[C@@H](C[C@@H]1CCNC1=O)C(O)S(=O)(=O)O. The molecule has 1 aliphatic rings. The van der Waals surface area contributed by atoms with Crippen molar-refractivity contribution in [2.45, 2.75) is 109 Å². The predicted molar refractivity (Wildman–Crippen MR) is 137 cm³/mol. The third-order valence-electron chi connectivity index (χ3n) is 6.54. The van der Waals surface area contributed by atoms with Crippen molar-refractivity contribution in [1.82, 2.24) is 10.6 Å². The first kappa shape index (κ1) is 32.3. The normalized spacial score (nSPS) is 18.5. The monoisotopic (exact) mass is 534 g/mol. The fraction of sp³-hybridized carbons (Fsp3) is 0.880. The summed E-state index contributed by atoms with van der Waals surface area (Å²) in [6, 6.07) is -0.940. The average molecular weight is 535 g/mol. The zero-order chi connectivity index (χ0) is 27.1. The number of unbranched alkanes of at least 4 members (excludes halogenated alkanes) is 7.